The Labute approximate surface area is 250 Å². The third kappa shape index (κ3) is 3.59. The van der Waals surface area contributed by atoms with Crippen LogP contribution in [0.1, 0.15) is 0 Å². The molecule has 2 aliphatic rings. The fourth-order valence-corrected chi connectivity index (χ4v) is 5.91. The van der Waals surface area contributed by atoms with Gasteiger partial charge in [-0.25, -0.2) is 29.9 Å². The number of aromatic amines is 1. The van der Waals surface area contributed by atoms with Gasteiger partial charge in [-0.2, -0.15) is 0 Å². The highest BCUT2D eigenvalue weighted by Gasteiger charge is 2.23. The molecule has 0 saturated carbocycles. The summed E-state index contributed by atoms with van der Waals surface area (Å²) >= 11 is 0. The van der Waals surface area contributed by atoms with Crippen molar-refractivity contribution in [1.82, 2.24) is 39.6 Å². The van der Waals surface area contributed by atoms with Crippen molar-refractivity contribution in [1.29, 1.82) is 0 Å². The summed E-state index contributed by atoms with van der Waals surface area (Å²) in [4.78, 5) is 40.0. The Morgan fingerprint density at radius 3 is 1.34 bits per heavy atom. The molecule has 0 aliphatic carbocycles. The Hall–Kier alpha value is -6.22. The van der Waals surface area contributed by atoms with Gasteiger partial charge in [0.05, 0.1) is 0 Å². The average Bonchev–Trinajstić information content (AvgIpc) is 3.78. The van der Waals surface area contributed by atoms with Gasteiger partial charge in [0.15, 0.2) is 34.6 Å². The van der Waals surface area contributed by atoms with E-state index >= 15 is 0 Å². The summed E-state index contributed by atoms with van der Waals surface area (Å²) in [7, 11) is 0. The third-order valence-corrected chi connectivity index (χ3v) is 7.89. The van der Waals surface area contributed by atoms with Crippen LogP contribution in [-0.4, -0.2) is 46.2 Å². The van der Waals surface area contributed by atoms with Crippen molar-refractivity contribution in [2.24, 2.45) is 0 Å². The van der Waals surface area contributed by atoms with E-state index in [1.165, 1.54) is 0 Å². The standard InChI is InChI=1S/C35H22N8O/c1-2-19-44-43-34-26-17-9-10-18-27(26)35(43)42-33-25-16-8-6-14-23(25)31(40-33)38-29-21-12-4-3-11-20(21)28(36-29)37-30-22-13-5-7-15-24(22)32(39-30)41-34/h2-18H,1,19H2,(H,36,37,38,39,40,41,42). The first-order valence-electron chi connectivity index (χ1n) is 14.2. The topological polar surface area (TPSA) is 107 Å². The smallest absolute Gasteiger partial charge is 0.180 e. The van der Waals surface area contributed by atoms with Crippen molar-refractivity contribution in [3.63, 3.8) is 0 Å². The highest BCUT2D eigenvalue weighted by molar-refractivity contribution is 6.06. The van der Waals surface area contributed by atoms with Gasteiger partial charge < -0.3 is 9.82 Å². The zero-order valence-corrected chi connectivity index (χ0v) is 23.3. The molecule has 0 unspecified atom stereocenters. The molecule has 1 N–H and O–H groups in total. The summed E-state index contributed by atoms with van der Waals surface area (Å²) in [5, 5.41) is 3.60. The summed E-state index contributed by atoms with van der Waals surface area (Å²) in [5.41, 5.74) is 5.99. The van der Waals surface area contributed by atoms with Gasteiger partial charge in [0.2, 0.25) is 0 Å². The lowest BCUT2D eigenvalue weighted by Crippen LogP contribution is -2.12. The summed E-state index contributed by atoms with van der Waals surface area (Å²) in [6.07, 6.45) is 1.69. The summed E-state index contributed by atoms with van der Waals surface area (Å²) in [6.45, 7) is 4.11. The molecule has 0 amide bonds. The van der Waals surface area contributed by atoms with E-state index < -0.39 is 0 Å². The number of nitrogens with one attached hydrogen (secondary N) is 1. The number of fused-ring (bicyclic) bond motifs is 20. The normalized spacial score (nSPS) is 11.8. The zero-order valence-electron chi connectivity index (χ0n) is 23.3. The minimum absolute atomic E-state index is 0.248. The van der Waals surface area contributed by atoms with Crippen LogP contribution >= 0.6 is 0 Å². The fraction of sp³-hybridized carbons (Fsp3) is 0.0286. The Morgan fingerprint density at radius 2 is 0.909 bits per heavy atom. The number of aromatic nitrogens is 8. The predicted octanol–water partition coefficient (Wildman–Crippen LogP) is 6.96. The zero-order chi connectivity index (χ0) is 29.2. The van der Waals surface area contributed by atoms with Crippen molar-refractivity contribution in [2.75, 3.05) is 6.61 Å². The Kier molecular flexibility index (Phi) is 5.21. The lowest BCUT2D eigenvalue weighted by atomic mass is 10.1. The number of benzene rings is 4. The number of hydrogen-bond donors (Lipinski definition) is 1. The molecule has 3 aromatic heterocycles. The van der Waals surface area contributed by atoms with E-state index in [1.54, 1.807) is 10.8 Å². The first kappa shape index (κ1) is 24.4. The molecule has 8 bridgehead atoms. The van der Waals surface area contributed by atoms with Crippen LogP contribution in [0, 0.1) is 0 Å². The van der Waals surface area contributed by atoms with E-state index in [9.17, 15) is 0 Å². The molecule has 9 heteroatoms. The van der Waals surface area contributed by atoms with Gasteiger partial charge in [0.1, 0.15) is 17.9 Å². The lowest BCUT2D eigenvalue weighted by Gasteiger charge is -2.05. The van der Waals surface area contributed by atoms with Crippen molar-refractivity contribution >= 4 is 44.1 Å². The van der Waals surface area contributed by atoms with Gasteiger partial charge in [0, 0.05) is 43.8 Å². The van der Waals surface area contributed by atoms with Crippen LogP contribution in [0.2, 0.25) is 0 Å². The summed E-state index contributed by atoms with van der Waals surface area (Å²) in [5.74, 6) is 2.18. The van der Waals surface area contributed by atoms with Crippen molar-refractivity contribution < 1.29 is 4.84 Å². The summed E-state index contributed by atoms with van der Waals surface area (Å²) in [6, 6.07) is 32.0. The monoisotopic (exact) mass is 570 g/mol. The second kappa shape index (κ2) is 9.40. The van der Waals surface area contributed by atoms with Gasteiger partial charge in [-0.3, -0.25) is 0 Å². The van der Waals surface area contributed by atoms with E-state index in [4.69, 9.17) is 34.7 Å². The molecule has 208 valence electrons. The Bertz CT molecular complexity index is 2330. The molecule has 0 radical (unpaired) electrons. The molecule has 9 nitrogen and oxygen atoms in total. The lowest BCUT2D eigenvalue weighted by molar-refractivity contribution is 0.153. The quantitative estimate of drug-likeness (QED) is 0.229. The van der Waals surface area contributed by atoms with Crippen LogP contribution in [0.3, 0.4) is 0 Å². The van der Waals surface area contributed by atoms with Gasteiger partial charge in [-0.1, -0.05) is 110 Å². The third-order valence-electron chi connectivity index (χ3n) is 7.89. The van der Waals surface area contributed by atoms with Crippen molar-refractivity contribution in [2.45, 2.75) is 0 Å². The number of nitrogens with zero attached hydrogens (tertiary/aromatic N) is 7. The molecule has 4 aromatic carbocycles. The number of H-pyrrole nitrogens is 1. The molecule has 0 spiro atoms. The maximum absolute atomic E-state index is 6.25. The van der Waals surface area contributed by atoms with Crippen LogP contribution in [0.4, 0.5) is 0 Å². The molecular formula is C35H22N8O. The SMILES string of the molecule is C=CCOn1c2nc3nc(nc4[nH]c(nc5nc(nc1c1ccccc12)-c1ccccc1-5)c1ccccc41)-c1ccccc1-3. The highest BCUT2D eigenvalue weighted by Crippen LogP contribution is 2.37. The van der Waals surface area contributed by atoms with E-state index in [1.807, 2.05) is 97.1 Å². The first-order chi connectivity index (χ1) is 21.8. The highest BCUT2D eigenvalue weighted by atomic mass is 16.7. The van der Waals surface area contributed by atoms with Gasteiger partial charge >= 0.3 is 0 Å². The maximum atomic E-state index is 6.25. The van der Waals surface area contributed by atoms with E-state index in [2.05, 4.69) is 11.6 Å². The van der Waals surface area contributed by atoms with Gasteiger partial charge in [0.25, 0.3) is 0 Å². The van der Waals surface area contributed by atoms with E-state index in [0.29, 0.717) is 45.9 Å². The molecular weight excluding hydrogens is 548 g/mol. The van der Waals surface area contributed by atoms with Crippen molar-refractivity contribution in [3.8, 4) is 45.6 Å². The average molecular weight is 571 g/mol. The minimum atomic E-state index is 0.248. The van der Waals surface area contributed by atoms with Crippen molar-refractivity contribution in [3.05, 3.63) is 110 Å². The summed E-state index contributed by atoms with van der Waals surface area (Å²) < 4.78 is 1.66. The van der Waals surface area contributed by atoms with Crippen LogP contribution in [0.5, 0.6) is 0 Å². The molecule has 0 saturated heterocycles. The van der Waals surface area contributed by atoms with Gasteiger partial charge in [-0.05, 0) is 0 Å². The first-order valence-corrected chi connectivity index (χ1v) is 14.2. The van der Waals surface area contributed by atoms with Crippen LogP contribution in [0.25, 0.3) is 89.7 Å². The molecule has 0 fully saturated rings. The number of rotatable bonds is 3. The fourth-order valence-electron chi connectivity index (χ4n) is 5.91. The second-order valence-electron chi connectivity index (χ2n) is 10.5. The predicted molar refractivity (Wildman–Crippen MR) is 171 cm³/mol. The molecule has 5 heterocycles. The Morgan fingerprint density at radius 1 is 0.523 bits per heavy atom. The molecule has 7 aromatic rings. The van der Waals surface area contributed by atoms with Crippen LogP contribution in [-0.2, 0) is 0 Å². The molecule has 44 heavy (non-hydrogen) atoms. The number of hydrogen-bond acceptors (Lipinski definition) is 7. The minimum Gasteiger partial charge on any atom is -0.406 e. The van der Waals surface area contributed by atoms with E-state index in [0.717, 1.165) is 43.8 Å². The molecule has 0 atom stereocenters. The van der Waals surface area contributed by atoms with Crippen LogP contribution < -0.4 is 4.84 Å². The van der Waals surface area contributed by atoms with Gasteiger partial charge in [-0.15, -0.1) is 4.73 Å². The Balaban J connectivity index is 1.53. The molecule has 9 rings (SSSR count). The maximum Gasteiger partial charge on any atom is 0.180 e. The van der Waals surface area contributed by atoms with Crippen LogP contribution in [0.15, 0.2) is 110 Å². The molecule has 2 aliphatic heterocycles. The largest absolute Gasteiger partial charge is 0.406 e. The second-order valence-corrected chi connectivity index (χ2v) is 10.5. The van der Waals surface area contributed by atoms with E-state index in [-0.39, 0.29) is 6.61 Å².